The molecule has 2 heterocycles. The van der Waals surface area contributed by atoms with Gasteiger partial charge in [-0.25, -0.2) is 0 Å². The summed E-state index contributed by atoms with van der Waals surface area (Å²) < 4.78 is 34.4. The number of carbonyl (C=O) groups is 1. The van der Waals surface area contributed by atoms with Crippen LogP contribution in [-0.4, -0.2) is 142 Å². The Morgan fingerprint density at radius 3 is 1.35 bits per heavy atom. The summed E-state index contributed by atoms with van der Waals surface area (Å²) in [4.78, 5) is 13.1. The van der Waals surface area contributed by atoms with Crippen LogP contribution >= 0.6 is 0 Å². The van der Waals surface area contributed by atoms with E-state index in [0.29, 0.717) is 13.0 Å². The zero-order valence-electron chi connectivity index (χ0n) is 46.1. The average Bonchev–Trinajstić information content (AvgIpc) is 3.40. The molecule has 0 aromatic heterocycles. The Morgan fingerprint density at radius 1 is 0.446 bits per heavy atom. The van der Waals surface area contributed by atoms with Crippen molar-refractivity contribution >= 4 is 5.97 Å². The first-order chi connectivity index (χ1) is 36.1. The van der Waals surface area contributed by atoms with E-state index in [0.717, 1.165) is 83.5 Å². The molecule has 0 aliphatic carbocycles. The first-order valence-electron chi connectivity index (χ1n) is 29.4. The largest absolute Gasteiger partial charge is 0.457 e. The first-order valence-corrected chi connectivity index (χ1v) is 29.4. The molecule has 11 unspecified atom stereocenters. The molecule has 0 saturated carbocycles. The van der Waals surface area contributed by atoms with Gasteiger partial charge in [0, 0.05) is 13.0 Å². The van der Waals surface area contributed by atoms with Crippen molar-refractivity contribution in [1.29, 1.82) is 0 Å². The van der Waals surface area contributed by atoms with Gasteiger partial charge in [-0.2, -0.15) is 0 Å². The Morgan fingerprint density at radius 2 is 0.851 bits per heavy atom. The summed E-state index contributed by atoms with van der Waals surface area (Å²) in [6.07, 6.45) is 41.3. The van der Waals surface area contributed by atoms with Crippen molar-refractivity contribution in [2.75, 3.05) is 33.0 Å². The first kappa shape index (κ1) is 67.8. The van der Waals surface area contributed by atoms with E-state index in [-0.39, 0.29) is 25.6 Å². The summed E-state index contributed by atoms with van der Waals surface area (Å²) in [7, 11) is 0. The average molecular weight is 1050 g/mol. The predicted molar refractivity (Wildman–Crippen MR) is 293 cm³/mol. The molecule has 2 aliphatic heterocycles. The summed E-state index contributed by atoms with van der Waals surface area (Å²) in [5.41, 5.74) is 0. The van der Waals surface area contributed by atoms with Crippen molar-refractivity contribution in [1.82, 2.24) is 0 Å². The third kappa shape index (κ3) is 33.1. The van der Waals surface area contributed by atoms with E-state index in [4.69, 9.17) is 28.4 Å². The van der Waals surface area contributed by atoms with E-state index in [1.807, 2.05) is 0 Å². The molecule has 2 rings (SSSR count). The zero-order chi connectivity index (χ0) is 53.7. The van der Waals surface area contributed by atoms with E-state index in [2.05, 4.69) is 74.6 Å². The predicted octanol–water partition coefficient (Wildman–Crippen LogP) is 10.5. The molecule has 0 bridgehead atoms. The molecule has 14 nitrogen and oxygen atoms in total. The van der Waals surface area contributed by atoms with Crippen LogP contribution in [-0.2, 0) is 33.2 Å². The van der Waals surface area contributed by atoms with E-state index < -0.39 is 80.7 Å². The quantitative estimate of drug-likeness (QED) is 0.0172. The van der Waals surface area contributed by atoms with Crippen molar-refractivity contribution < 1.29 is 69.0 Å². The van der Waals surface area contributed by atoms with Crippen LogP contribution in [0.5, 0.6) is 0 Å². The summed E-state index contributed by atoms with van der Waals surface area (Å²) in [6, 6.07) is 0. The lowest BCUT2D eigenvalue weighted by atomic mass is 9.98. The molecule has 2 aliphatic rings. The summed E-state index contributed by atoms with van der Waals surface area (Å²) in [6.45, 7) is 3.62. The number of hydrogen-bond donors (Lipinski definition) is 7. The highest BCUT2D eigenvalue weighted by Gasteiger charge is 2.47. The Hall–Kier alpha value is -2.31. The molecule has 430 valence electrons. The molecule has 2 fully saturated rings. The lowest BCUT2D eigenvalue weighted by Crippen LogP contribution is -2.61. The smallest absolute Gasteiger partial charge is 0.306 e. The van der Waals surface area contributed by atoms with Gasteiger partial charge in [0.05, 0.1) is 26.4 Å². The molecular formula is C60H106O14. The minimum atomic E-state index is -1.71. The fourth-order valence-electron chi connectivity index (χ4n) is 8.96. The fourth-order valence-corrected chi connectivity index (χ4v) is 8.96. The van der Waals surface area contributed by atoms with Gasteiger partial charge in [0.25, 0.3) is 0 Å². The molecule has 0 aromatic carbocycles. The van der Waals surface area contributed by atoms with Gasteiger partial charge >= 0.3 is 5.97 Å². The highest BCUT2D eigenvalue weighted by molar-refractivity contribution is 5.69. The Balaban J connectivity index is 1.70. The second kappa shape index (κ2) is 46.8. The fraction of sp³-hybridized carbons (Fsp3) is 0.817. The number of hydrogen-bond acceptors (Lipinski definition) is 14. The minimum Gasteiger partial charge on any atom is -0.457 e. The van der Waals surface area contributed by atoms with Crippen molar-refractivity contribution in [3.63, 3.8) is 0 Å². The van der Waals surface area contributed by atoms with E-state index in [1.54, 1.807) is 0 Å². The molecule has 0 spiro atoms. The van der Waals surface area contributed by atoms with Crippen molar-refractivity contribution in [3.05, 3.63) is 60.8 Å². The number of aliphatic hydroxyl groups is 7. The van der Waals surface area contributed by atoms with Gasteiger partial charge in [0.2, 0.25) is 0 Å². The third-order valence-electron chi connectivity index (χ3n) is 13.7. The Kier molecular flexibility index (Phi) is 42.8. The van der Waals surface area contributed by atoms with Crippen molar-refractivity contribution in [2.24, 2.45) is 0 Å². The van der Waals surface area contributed by atoms with Gasteiger partial charge in [-0.3, -0.25) is 4.79 Å². The van der Waals surface area contributed by atoms with Gasteiger partial charge in [0.15, 0.2) is 12.6 Å². The standard InChI is InChI=1S/C60H106O14/c1-3-5-7-9-11-13-15-17-19-20-21-22-23-24-25-26-27-28-29-31-33-35-37-39-41-43-52(62)72-49(46-69-44-42-40-38-36-34-32-30-18-16-14-12-10-8-6-4-2)47-70-59-58(68)56(66)54(64)51(74-59)48-71-60-57(67)55(65)53(63)50(45-61)73-60/h10,12,15-18,20-21,23-24,49-51,53-61,63-68H,3-9,11,13-14,19,22,25-48H2,1-2H3/b12-10-,17-15-,18-16-,21-20-,24-23-. The number of esters is 1. The number of aliphatic hydroxyl groups excluding tert-OH is 7. The third-order valence-corrected chi connectivity index (χ3v) is 13.7. The van der Waals surface area contributed by atoms with E-state index >= 15 is 0 Å². The number of ether oxygens (including phenoxy) is 6. The molecule has 14 heteroatoms. The highest BCUT2D eigenvalue weighted by atomic mass is 16.7. The van der Waals surface area contributed by atoms with E-state index in [9.17, 15) is 40.5 Å². The molecule has 0 aromatic rings. The Bertz CT molecular complexity index is 1450. The number of rotatable bonds is 47. The minimum absolute atomic E-state index is 0.0510. The van der Waals surface area contributed by atoms with Gasteiger partial charge in [-0.05, 0) is 77.0 Å². The maximum absolute atomic E-state index is 13.1. The number of allylic oxidation sites excluding steroid dienone is 10. The van der Waals surface area contributed by atoms with Crippen LogP contribution in [0.25, 0.3) is 0 Å². The van der Waals surface area contributed by atoms with Gasteiger partial charge in [0.1, 0.15) is 54.9 Å². The maximum Gasteiger partial charge on any atom is 0.306 e. The normalized spacial score (nSPS) is 25.2. The van der Waals surface area contributed by atoms with Crippen LogP contribution in [0.3, 0.4) is 0 Å². The van der Waals surface area contributed by atoms with Gasteiger partial charge in [-0.15, -0.1) is 0 Å². The van der Waals surface area contributed by atoms with Gasteiger partial charge < -0.3 is 64.2 Å². The molecule has 11 atom stereocenters. The maximum atomic E-state index is 13.1. The molecule has 0 radical (unpaired) electrons. The lowest BCUT2D eigenvalue weighted by molar-refractivity contribution is -0.332. The lowest BCUT2D eigenvalue weighted by Gasteiger charge is -2.42. The number of carbonyl (C=O) groups excluding carboxylic acids is 1. The van der Waals surface area contributed by atoms with Crippen molar-refractivity contribution in [2.45, 2.75) is 280 Å². The summed E-state index contributed by atoms with van der Waals surface area (Å²) in [5.74, 6) is -0.385. The molecule has 7 N–H and O–H groups in total. The highest BCUT2D eigenvalue weighted by Crippen LogP contribution is 2.26. The molecule has 0 amide bonds. The van der Waals surface area contributed by atoms with Crippen LogP contribution in [0.15, 0.2) is 60.8 Å². The van der Waals surface area contributed by atoms with Gasteiger partial charge in [-0.1, -0.05) is 190 Å². The van der Waals surface area contributed by atoms with Crippen LogP contribution < -0.4 is 0 Å². The molecular weight excluding hydrogens is 945 g/mol. The van der Waals surface area contributed by atoms with Crippen LogP contribution in [0.2, 0.25) is 0 Å². The summed E-state index contributed by atoms with van der Waals surface area (Å²) >= 11 is 0. The van der Waals surface area contributed by atoms with Crippen molar-refractivity contribution in [3.8, 4) is 0 Å². The molecule has 2 saturated heterocycles. The second-order valence-electron chi connectivity index (χ2n) is 20.5. The topological polar surface area (TPSA) is 214 Å². The van der Waals surface area contributed by atoms with Crippen LogP contribution in [0, 0.1) is 0 Å². The second-order valence-corrected chi connectivity index (χ2v) is 20.5. The Labute approximate surface area is 447 Å². The molecule has 74 heavy (non-hydrogen) atoms. The SMILES string of the molecule is CCCC/C=C\C/C=C\CCCCCCCCOCC(COC1OC(COC2OC(CO)C(O)C(O)C2O)C(O)C(O)C1O)OC(=O)CCCCCCCCCCCC/C=C\C/C=C\C/C=C\CCCCCCC. The zero-order valence-corrected chi connectivity index (χ0v) is 46.1. The van der Waals surface area contributed by atoms with E-state index in [1.165, 1.54) is 103 Å². The van der Waals surface area contributed by atoms with Crippen LogP contribution in [0.4, 0.5) is 0 Å². The monoisotopic (exact) mass is 1050 g/mol. The van der Waals surface area contributed by atoms with Crippen LogP contribution in [0.1, 0.15) is 213 Å². The summed E-state index contributed by atoms with van der Waals surface area (Å²) in [5, 5.41) is 72.3. The number of unbranched alkanes of at least 4 members (excludes halogenated alkanes) is 23.